The molecule has 5 saturated carbocycles. The van der Waals surface area contributed by atoms with E-state index in [0.29, 0.717) is 35.9 Å². The van der Waals surface area contributed by atoms with Crippen LogP contribution in [0.25, 0.3) is 88.6 Å². The van der Waals surface area contributed by atoms with E-state index in [0.717, 1.165) is 164 Å². The predicted octanol–water partition coefficient (Wildman–Crippen LogP) is 19.5. The quantitative estimate of drug-likeness (QED) is 0.0529. The smallest absolute Gasteiger partial charge is 0.407 e. The van der Waals surface area contributed by atoms with Gasteiger partial charge in [0.1, 0.15) is 29.3 Å². The Kier molecular flexibility index (Phi) is 18.4. The molecule has 6 atom stereocenters. The lowest BCUT2D eigenvalue weighted by Crippen LogP contribution is -2.51. The Bertz CT molecular complexity index is 5650. The summed E-state index contributed by atoms with van der Waals surface area (Å²) in [6.45, 7) is 10.4. The van der Waals surface area contributed by atoms with Gasteiger partial charge in [0.2, 0.25) is 11.8 Å². The molecule has 8 aromatic carbocycles. The average molecular weight is 1570 g/mol. The lowest BCUT2D eigenvalue weighted by Gasteiger charge is -2.30. The number of aromatic amines is 4. The maximum atomic E-state index is 14.2. The zero-order valence-electron chi connectivity index (χ0n) is 69.0. The first-order valence-electron chi connectivity index (χ1n) is 44.0. The Morgan fingerprint density at radius 1 is 0.424 bits per heavy atom. The highest BCUT2D eigenvalue weighted by Gasteiger charge is 2.57. The third-order valence-corrected chi connectivity index (χ3v) is 29.6. The van der Waals surface area contributed by atoms with Crippen molar-refractivity contribution in [3.05, 3.63) is 213 Å². The number of alkyl carbamates (subject to hydrolysis) is 1. The number of nitrogens with one attached hydrogen (secondary N) is 6. The van der Waals surface area contributed by atoms with Gasteiger partial charge in [0, 0.05) is 25.6 Å². The Hall–Kier alpha value is -10.7. The fraction of sp³-hybridized carbons (Fsp3) is 0.440. The normalized spacial score (nSPS) is 21.8. The van der Waals surface area contributed by atoms with Crippen LogP contribution in [0.5, 0.6) is 0 Å². The molecule has 16 aliphatic rings. The molecule has 6 N–H and O–H groups in total. The maximum Gasteiger partial charge on any atom is 0.407 e. The first-order chi connectivity index (χ1) is 57.3. The number of aryl methyl sites for hydroxylation is 8. The Balaban J connectivity index is 0.000000157. The molecular weight excluding hydrogens is 1470 g/mol. The highest BCUT2D eigenvalue weighted by Crippen LogP contribution is 2.63. The number of fused-ring (bicyclic) bond motifs is 4. The summed E-state index contributed by atoms with van der Waals surface area (Å²) in [6.07, 6.45) is 24.0. The monoisotopic (exact) mass is 1570 g/mol. The summed E-state index contributed by atoms with van der Waals surface area (Å²) in [7, 11) is 2.70. The van der Waals surface area contributed by atoms with Gasteiger partial charge in [0.15, 0.2) is 0 Å². The number of aromatic nitrogens is 8. The number of amides is 3. The van der Waals surface area contributed by atoms with E-state index >= 15 is 0 Å². The molecule has 8 bridgehead atoms. The molecule has 3 aliphatic heterocycles. The van der Waals surface area contributed by atoms with Gasteiger partial charge in [-0.15, -0.1) is 0 Å². The number of ether oxygens (including phenoxy) is 2. The highest BCUT2D eigenvalue weighted by molar-refractivity contribution is 5.90. The van der Waals surface area contributed by atoms with Crippen molar-refractivity contribution < 1.29 is 28.7 Å². The summed E-state index contributed by atoms with van der Waals surface area (Å²) in [5.41, 5.74) is 30.5. The molecule has 18 nitrogen and oxygen atoms in total. The molecule has 18 heteroatoms. The summed E-state index contributed by atoms with van der Waals surface area (Å²) >= 11 is 0. The van der Waals surface area contributed by atoms with Crippen LogP contribution in [0.4, 0.5) is 4.79 Å². The van der Waals surface area contributed by atoms with Crippen LogP contribution in [-0.4, -0.2) is 113 Å². The summed E-state index contributed by atoms with van der Waals surface area (Å²) in [5, 5.41) is 6.53. The fourth-order valence-electron chi connectivity index (χ4n) is 21.5. The van der Waals surface area contributed by atoms with E-state index in [9.17, 15) is 19.2 Å². The number of H-pyrrole nitrogens is 4. The molecular formula is C100H108N12O6. The minimum atomic E-state index is -0.690. The first kappa shape index (κ1) is 74.8. The van der Waals surface area contributed by atoms with Gasteiger partial charge in [-0.2, -0.15) is 0 Å². The van der Waals surface area contributed by atoms with Crippen molar-refractivity contribution in [1.29, 1.82) is 0 Å². The number of carbonyl (C=O) groups excluding carboxylic acids is 4. The molecule has 0 radical (unpaired) electrons. The second kappa shape index (κ2) is 29.1. The van der Waals surface area contributed by atoms with Crippen molar-refractivity contribution in [3.63, 3.8) is 0 Å². The van der Waals surface area contributed by atoms with Crippen LogP contribution in [0.2, 0.25) is 0 Å². The SMILES string of the molecule is COC(=O)CC(C(=O)N1CC2(CC2)CC1c1nc2ccc(-c3cc4ccc3CCc3ccc(c(-c5ccc6nc(C7CC8(CC8)CN7C(=O)C(NC(=O)OC)C(C)C)[nH]c6c5)c3)CC4)cc2[nH]1)C(C)C.c1cc2c(-c3ccc4nc(C5CCC6(CC6)C5)[nH]c4c3)cc1CCc1ccc(cc1-c1ccc3nc(C4CC5(CC5)CN4)[nH]c3c1)CC2. The van der Waals surface area contributed by atoms with E-state index in [-0.39, 0.29) is 59.0 Å². The molecule has 6 unspecified atom stereocenters. The van der Waals surface area contributed by atoms with Crippen LogP contribution in [-0.2, 0) is 75.2 Å². The third-order valence-electron chi connectivity index (χ3n) is 29.6. The van der Waals surface area contributed by atoms with Gasteiger partial charge in [-0.1, -0.05) is 125 Å². The van der Waals surface area contributed by atoms with Gasteiger partial charge in [-0.3, -0.25) is 14.4 Å². The van der Waals surface area contributed by atoms with Crippen molar-refractivity contribution in [2.75, 3.05) is 33.9 Å². The molecule has 12 aromatic rings. The standard InChI is InChI=1S/C57H65N7O6.C43H43N5/c1-32(2)40(27-49(65)69-5)53(66)63-30-56(19-20-56)28-47(63)51-58-43-17-15-38(25-45(43)60-51)41-23-34-7-11-36(41)12-8-35-10-14-37(13-9-34)42(24-35)39-16-18-44-46(26-39)61-52(59-44)48-29-57(21-22-57)31-64(48)54(67)50(33(3)4)62-55(68)70-6;1-5-28-6-2-27-4-8-29(34(20-27)31-10-12-36-38(22-31)48-41(46-36)39-24-43(17-18-43)25-44-39)7-3-26(1)19-33(28)30-9-11-35-37(21-30)47-40(45-35)32-13-14-42(23-32)15-16-42/h7,10-11,14-18,23-26,32-33,40,47-48,50H,8-9,12-13,19-22,27-31H2,1-6H3,(H,58,60)(H,59,61)(H,62,68);1,4-5,8-12,19-22,32,39,44H,2-3,6-7,13-18,23-25H2,(H,45,47)(H,46,48). The number of carbonyl (C=O) groups is 4. The minimum absolute atomic E-state index is 0.00276. The second-order valence-corrected chi connectivity index (χ2v) is 38.3. The van der Waals surface area contributed by atoms with Crippen LogP contribution in [0.1, 0.15) is 216 Å². The molecule has 7 heterocycles. The Morgan fingerprint density at radius 2 is 0.822 bits per heavy atom. The van der Waals surface area contributed by atoms with E-state index in [4.69, 9.17) is 29.4 Å². The van der Waals surface area contributed by atoms with Gasteiger partial charge < -0.3 is 49.8 Å². The summed E-state index contributed by atoms with van der Waals surface area (Å²) in [6, 6.07) is 54.4. The van der Waals surface area contributed by atoms with E-state index in [1.807, 2.05) is 37.5 Å². The van der Waals surface area contributed by atoms with Gasteiger partial charge in [-0.25, -0.2) is 24.7 Å². The number of hydrogen-bond acceptors (Lipinski definition) is 11. The largest absolute Gasteiger partial charge is 0.469 e. The van der Waals surface area contributed by atoms with Crippen LogP contribution in [0.15, 0.2) is 146 Å². The molecule has 4 aromatic heterocycles. The van der Waals surface area contributed by atoms with Crippen molar-refractivity contribution in [2.45, 2.75) is 205 Å². The average Bonchev–Trinajstić information content (AvgIpc) is 1.58. The lowest BCUT2D eigenvalue weighted by atomic mass is 9.87. The number of esters is 1. The topological polar surface area (TPSA) is 232 Å². The van der Waals surface area contributed by atoms with Gasteiger partial charge in [0.05, 0.1) is 88.8 Å². The molecule has 604 valence electrons. The third kappa shape index (κ3) is 14.3. The van der Waals surface area contributed by atoms with Crippen molar-refractivity contribution in [1.82, 2.24) is 60.3 Å². The Labute approximate surface area is 689 Å². The predicted molar refractivity (Wildman–Crippen MR) is 462 cm³/mol. The van der Waals surface area contributed by atoms with Crippen LogP contribution < -0.4 is 10.6 Å². The van der Waals surface area contributed by atoms with E-state index in [1.165, 1.54) is 155 Å². The Morgan fingerprint density at radius 3 is 1.20 bits per heavy atom. The maximum absolute atomic E-state index is 14.2. The number of benzene rings is 8. The molecule has 28 rings (SSSR count). The minimum Gasteiger partial charge on any atom is -0.469 e. The zero-order chi connectivity index (χ0) is 80.1. The van der Waals surface area contributed by atoms with E-state index in [1.54, 1.807) is 0 Å². The number of imidazole rings is 4. The van der Waals surface area contributed by atoms with E-state index in [2.05, 4.69) is 176 Å². The number of nitrogens with zero attached hydrogens (tertiary/aromatic N) is 6. The van der Waals surface area contributed by atoms with Crippen molar-refractivity contribution in [3.8, 4) is 44.5 Å². The van der Waals surface area contributed by atoms with Gasteiger partial charge >= 0.3 is 12.1 Å². The van der Waals surface area contributed by atoms with Gasteiger partial charge in [-0.05, 0) is 312 Å². The number of likely N-dealkylation sites (tertiary alicyclic amines) is 2. The molecule has 118 heavy (non-hydrogen) atoms. The fourth-order valence-corrected chi connectivity index (χ4v) is 21.5. The van der Waals surface area contributed by atoms with Crippen molar-refractivity contribution >= 4 is 68.0 Å². The second-order valence-electron chi connectivity index (χ2n) is 38.3. The van der Waals surface area contributed by atoms with Crippen LogP contribution in [0, 0.1) is 39.4 Å². The van der Waals surface area contributed by atoms with Gasteiger partial charge in [0.25, 0.3) is 0 Å². The molecule has 3 saturated heterocycles. The summed E-state index contributed by atoms with van der Waals surface area (Å²) in [5.74, 6) is 3.55. The number of rotatable bonds is 15. The summed E-state index contributed by atoms with van der Waals surface area (Å²) in [4.78, 5) is 92.0. The molecule has 3 amide bonds. The molecule has 4 spiro atoms. The molecule has 8 fully saturated rings. The zero-order valence-corrected chi connectivity index (χ0v) is 69.0. The van der Waals surface area contributed by atoms with E-state index < -0.39 is 18.1 Å². The first-order valence-corrected chi connectivity index (χ1v) is 44.0. The van der Waals surface area contributed by atoms with Crippen LogP contribution >= 0.6 is 0 Å². The molecule has 13 aliphatic carbocycles. The van der Waals surface area contributed by atoms with Crippen LogP contribution in [0.3, 0.4) is 0 Å². The number of methoxy groups -OCH3 is 2. The number of hydrogen-bond donors (Lipinski definition) is 6. The summed E-state index contributed by atoms with van der Waals surface area (Å²) < 4.78 is 9.87. The lowest BCUT2D eigenvalue weighted by molar-refractivity contribution is -0.148. The van der Waals surface area contributed by atoms with Crippen molar-refractivity contribution in [2.24, 2.45) is 39.4 Å². The highest BCUT2D eigenvalue weighted by atomic mass is 16.5.